The van der Waals surface area contributed by atoms with Crippen molar-refractivity contribution in [2.75, 3.05) is 13.1 Å². The van der Waals surface area contributed by atoms with Crippen LogP contribution in [-0.4, -0.2) is 44.7 Å². The summed E-state index contributed by atoms with van der Waals surface area (Å²) in [6.07, 6.45) is 4.01. The quantitative estimate of drug-likeness (QED) is 0.874. The van der Waals surface area contributed by atoms with Gasteiger partial charge >= 0.3 is 0 Å². The lowest BCUT2D eigenvalue weighted by molar-refractivity contribution is 0.0791. The lowest BCUT2D eigenvalue weighted by atomic mass is 10.1. The van der Waals surface area contributed by atoms with E-state index < -0.39 is 0 Å². The van der Waals surface area contributed by atoms with Crippen LogP contribution in [-0.2, 0) is 0 Å². The number of hydrogen-bond donors (Lipinski definition) is 1. The molecule has 1 atom stereocenters. The lowest BCUT2D eigenvalue weighted by Crippen LogP contribution is -2.31. The van der Waals surface area contributed by atoms with Crippen molar-refractivity contribution in [3.05, 3.63) is 42.0 Å². The predicted octanol–water partition coefficient (Wildman–Crippen LogP) is 0.749. The third-order valence-corrected chi connectivity index (χ3v) is 3.62. The van der Waals surface area contributed by atoms with Crippen LogP contribution in [0.5, 0.6) is 0 Å². The van der Waals surface area contributed by atoms with Crippen molar-refractivity contribution in [3.8, 4) is 5.69 Å². The van der Waals surface area contributed by atoms with Gasteiger partial charge in [0.25, 0.3) is 5.91 Å². The molecule has 1 aromatic carbocycles. The Morgan fingerprint density at radius 1 is 1.45 bits per heavy atom. The fourth-order valence-corrected chi connectivity index (χ4v) is 2.53. The summed E-state index contributed by atoms with van der Waals surface area (Å²) in [4.78, 5) is 18.1. The minimum atomic E-state index is 0.0474. The van der Waals surface area contributed by atoms with Crippen LogP contribution in [0.4, 0.5) is 0 Å². The van der Waals surface area contributed by atoms with Gasteiger partial charge < -0.3 is 10.6 Å². The topological polar surface area (TPSA) is 77.0 Å². The van der Waals surface area contributed by atoms with E-state index in [2.05, 4.69) is 10.1 Å². The van der Waals surface area contributed by atoms with Crippen LogP contribution >= 0.6 is 0 Å². The number of carbonyl (C=O) groups is 1. The molecule has 0 bridgehead atoms. The van der Waals surface area contributed by atoms with E-state index in [1.165, 1.54) is 6.33 Å². The SMILES string of the molecule is Cc1cc(C(=O)N2CC[C@H](N)C2)ccc1-n1cncn1. The monoisotopic (exact) mass is 271 g/mol. The molecule has 1 aliphatic rings. The Bertz CT molecular complexity index is 622. The molecule has 2 aromatic rings. The van der Waals surface area contributed by atoms with Crippen molar-refractivity contribution in [1.82, 2.24) is 19.7 Å². The molecule has 6 nitrogen and oxygen atoms in total. The van der Waals surface area contributed by atoms with Gasteiger partial charge in [0.05, 0.1) is 5.69 Å². The van der Waals surface area contributed by atoms with Gasteiger partial charge in [-0.1, -0.05) is 0 Å². The number of benzene rings is 1. The van der Waals surface area contributed by atoms with Crippen LogP contribution in [0.1, 0.15) is 22.3 Å². The zero-order valence-corrected chi connectivity index (χ0v) is 11.4. The summed E-state index contributed by atoms with van der Waals surface area (Å²) in [6, 6.07) is 5.72. The van der Waals surface area contributed by atoms with Crippen LogP contribution in [0.3, 0.4) is 0 Å². The third kappa shape index (κ3) is 2.30. The van der Waals surface area contributed by atoms with Gasteiger partial charge in [0.15, 0.2) is 0 Å². The van der Waals surface area contributed by atoms with Crippen molar-refractivity contribution in [3.63, 3.8) is 0 Å². The largest absolute Gasteiger partial charge is 0.337 e. The third-order valence-electron chi connectivity index (χ3n) is 3.62. The normalized spacial score (nSPS) is 18.5. The summed E-state index contributed by atoms with van der Waals surface area (Å²) in [5.74, 6) is 0.0474. The lowest BCUT2D eigenvalue weighted by Gasteiger charge is -2.16. The number of aromatic nitrogens is 3. The number of nitrogens with two attached hydrogens (primary N) is 1. The average Bonchev–Trinajstić information content (AvgIpc) is 3.09. The molecule has 0 unspecified atom stereocenters. The number of amides is 1. The summed E-state index contributed by atoms with van der Waals surface area (Å²) in [5, 5.41) is 4.10. The molecule has 1 saturated heterocycles. The second-order valence-electron chi connectivity index (χ2n) is 5.14. The number of aryl methyl sites for hydroxylation is 1. The molecular formula is C14H17N5O. The molecule has 6 heteroatoms. The van der Waals surface area contributed by atoms with Gasteiger partial charge in [-0.25, -0.2) is 9.67 Å². The van der Waals surface area contributed by atoms with Crippen LogP contribution in [0.25, 0.3) is 5.69 Å². The molecule has 104 valence electrons. The van der Waals surface area contributed by atoms with Gasteiger partial charge in [0.2, 0.25) is 0 Å². The summed E-state index contributed by atoms with van der Waals surface area (Å²) >= 11 is 0. The Kier molecular flexibility index (Phi) is 3.23. The maximum Gasteiger partial charge on any atom is 0.253 e. The van der Waals surface area contributed by atoms with E-state index in [1.807, 2.05) is 30.0 Å². The van der Waals surface area contributed by atoms with Crippen molar-refractivity contribution < 1.29 is 4.79 Å². The second-order valence-corrected chi connectivity index (χ2v) is 5.14. The van der Waals surface area contributed by atoms with Crippen molar-refractivity contribution >= 4 is 5.91 Å². The van der Waals surface area contributed by atoms with E-state index in [1.54, 1.807) is 11.0 Å². The predicted molar refractivity (Wildman–Crippen MR) is 74.6 cm³/mol. The summed E-state index contributed by atoms with van der Waals surface area (Å²) in [7, 11) is 0. The first kappa shape index (κ1) is 12.8. The molecule has 0 spiro atoms. The van der Waals surface area contributed by atoms with Gasteiger partial charge in [-0.3, -0.25) is 4.79 Å². The number of carbonyl (C=O) groups excluding carboxylic acids is 1. The van der Waals surface area contributed by atoms with Crippen LogP contribution in [0.15, 0.2) is 30.9 Å². The Morgan fingerprint density at radius 3 is 2.90 bits per heavy atom. The second kappa shape index (κ2) is 5.05. The molecule has 1 aromatic heterocycles. The number of hydrogen-bond acceptors (Lipinski definition) is 4. The van der Waals surface area contributed by atoms with Crippen LogP contribution in [0.2, 0.25) is 0 Å². The van der Waals surface area contributed by atoms with Gasteiger partial charge in [-0.05, 0) is 37.1 Å². The highest BCUT2D eigenvalue weighted by molar-refractivity contribution is 5.95. The number of nitrogens with zero attached hydrogens (tertiary/aromatic N) is 4. The van der Waals surface area contributed by atoms with Gasteiger partial charge in [0.1, 0.15) is 12.7 Å². The standard InChI is InChI=1S/C14H17N5O/c1-10-6-11(14(20)18-5-4-12(15)7-18)2-3-13(10)19-9-16-8-17-19/h2-3,6,8-9,12H,4-5,7,15H2,1H3/t12-/m0/s1. The molecule has 1 fully saturated rings. The molecule has 2 heterocycles. The van der Waals surface area contributed by atoms with Gasteiger partial charge in [0, 0.05) is 24.7 Å². The highest BCUT2D eigenvalue weighted by Gasteiger charge is 2.24. The fraction of sp³-hybridized carbons (Fsp3) is 0.357. The van der Waals surface area contributed by atoms with E-state index in [-0.39, 0.29) is 11.9 Å². The maximum atomic E-state index is 12.4. The first-order chi connectivity index (χ1) is 9.65. The molecule has 20 heavy (non-hydrogen) atoms. The minimum absolute atomic E-state index is 0.0474. The molecule has 2 N–H and O–H groups in total. The zero-order chi connectivity index (χ0) is 14.1. The molecular weight excluding hydrogens is 254 g/mol. The number of rotatable bonds is 2. The Balaban J connectivity index is 1.85. The molecule has 3 rings (SSSR count). The Labute approximate surface area is 117 Å². The fourth-order valence-electron chi connectivity index (χ4n) is 2.53. The number of likely N-dealkylation sites (tertiary alicyclic amines) is 1. The molecule has 0 aliphatic carbocycles. The van der Waals surface area contributed by atoms with Crippen LogP contribution < -0.4 is 5.73 Å². The molecule has 1 aliphatic heterocycles. The van der Waals surface area contributed by atoms with Crippen molar-refractivity contribution in [2.24, 2.45) is 5.73 Å². The first-order valence-corrected chi connectivity index (χ1v) is 6.65. The van der Waals surface area contributed by atoms with E-state index in [0.29, 0.717) is 12.1 Å². The van der Waals surface area contributed by atoms with Gasteiger partial charge in [-0.15, -0.1) is 0 Å². The first-order valence-electron chi connectivity index (χ1n) is 6.65. The van der Waals surface area contributed by atoms with Crippen LogP contribution in [0, 0.1) is 6.92 Å². The Morgan fingerprint density at radius 2 is 2.30 bits per heavy atom. The summed E-state index contributed by atoms with van der Waals surface area (Å²) in [5.41, 5.74) is 8.46. The summed E-state index contributed by atoms with van der Waals surface area (Å²) in [6.45, 7) is 3.34. The van der Waals surface area contributed by atoms with E-state index in [0.717, 1.165) is 24.2 Å². The van der Waals surface area contributed by atoms with E-state index in [4.69, 9.17) is 5.73 Å². The summed E-state index contributed by atoms with van der Waals surface area (Å²) < 4.78 is 1.69. The van der Waals surface area contributed by atoms with Crippen molar-refractivity contribution in [2.45, 2.75) is 19.4 Å². The molecule has 1 amide bonds. The average molecular weight is 271 g/mol. The van der Waals surface area contributed by atoms with Crippen molar-refractivity contribution in [1.29, 1.82) is 0 Å². The molecule has 0 radical (unpaired) electrons. The maximum absolute atomic E-state index is 12.4. The van der Waals surface area contributed by atoms with E-state index >= 15 is 0 Å². The highest BCUT2D eigenvalue weighted by atomic mass is 16.2. The van der Waals surface area contributed by atoms with E-state index in [9.17, 15) is 4.79 Å². The zero-order valence-electron chi connectivity index (χ0n) is 11.4. The smallest absolute Gasteiger partial charge is 0.253 e. The Hall–Kier alpha value is -2.21. The minimum Gasteiger partial charge on any atom is -0.337 e. The molecule has 0 saturated carbocycles. The van der Waals surface area contributed by atoms with Gasteiger partial charge in [-0.2, -0.15) is 5.10 Å². The highest BCUT2D eigenvalue weighted by Crippen LogP contribution is 2.18.